The van der Waals surface area contributed by atoms with Crippen molar-refractivity contribution in [3.05, 3.63) is 65.7 Å². The predicted octanol–water partition coefficient (Wildman–Crippen LogP) is 3.09. The molecule has 102 valence electrons. The van der Waals surface area contributed by atoms with Gasteiger partial charge in [-0.15, -0.1) is 0 Å². The number of rotatable bonds is 6. The summed E-state index contributed by atoms with van der Waals surface area (Å²) in [4.78, 5) is 0. The fourth-order valence-electron chi connectivity index (χ4n) is 2.02. The predicted molar refractivity (Wildman–Crippen MR) is 79.5 cm³/mol. The lowest BCUT2D eigenvalue weighted by Gasteiger charge is -2.12. The first-order chi connectivity index (χ1) is 9.83. The normalized spacial score (nSPS) is 11.6. The Bertz CT molecular complexity index is 575. The molecule has 2 rings (SSSR count). The summed E-state index contributed by atoms with van der Waals surface area (Å²) in [5.74, 6) is 0.554. The molecular formula is C17H18N2O. The summed E-state index contributed by atoms with van der Waals surface area (Å²) in [6.45, 7) is 1.17. The average molecular weight is 266 g/mol. The highest BCUT2D eigenvalue weighted by Crippen LogP contribution is 2.18. The van der Waals surface area contributed by atoms with Crippen molar-refractivity contribution in [2.24, 2.45) is 0 Å². The number of benzene rings is 2. The summed E-state index contributed by atoms with van der Waals surface area (Å²) in [6.07, 6.45) is 0. The second kappa shape index (κ2) is 7.32. The lowest BCUT2D eigenvalue weighted by molar-refractivity contribution is 0.308. The number of nitrogens with zero attached hydrogens (tertiary/aromatic N) is 1. The van der Waals surface area contributed by atoms with E-state index in [9.17, 15) is 5.26 Å². The van der Waals surface area contributed by atoms with Gasteiger partial charge in [-0.2, -0.15) is 5.26 Å². The van der Waals surface area contributed by atoms with Crippen LogP contribution >= 0.6 is 0 Å². The Morgan fingerprint density at radius 2 is 1.95 bits per heavy atom. The van der Waals surface area contributed by atoms with E-state index in [-0.39, 0.29) is 5.92 Å². The Balaban J connectivity index is 2.00. The van der Waals surface area contributed by atoms with E-state index in [1.807, 2.05) is 61.6 Å². The molecule has 0 aliphatic carbocycles. The molecule has 0 spiro atoms. The number of hydrogen-bond donors (Lipinski definition) is 1. The molecule has 0 aliphatic heterocycles. The largest absolute Gasteiger partial charge is 0.492 e. The summed E-state index contributed by atoms with van der Waals surface area (Å²) >= 11 is 0. The lowest BCUT2D eigenvalue weighted by atomic mass is 10.0. The van der Waals surface area contributed by atoms with Crippen molar-refractivity contribution in [1.29, 1.82) is 5.26 Å². The van der Waals surface area contributed by atoms with Gasteiger partial charge in [-0.25, -0.2) is 0 Å². The molecule has 0 heterocycles. The van der Waals surface area contributed by atoms with Crippen LogP contribution in [0.5, 0.6) is 5.75 Å². The molecule has 1 atom stereocenters. The fourth-order valence-corrected chi connectivity index (χ4v) is 2.02. The quantitative estimate of drug-likeness (QED) is 0.874. The van der Waals surface area contributed by atoms with Gasteiger partial charge in [0, 0.05) is 6.54 Å². The molecule has 0 aliphatic rings. The van der Waals surface area contributed by atoms with E-state index < -0.39 is 0 Å². The van der Waals surface area contributed by atoms with Gasteiger partial charge < -0.3 is 10.1 Å². The summed E-state index contributed by atoms with van der Waals surface area (Å²) in [5.41, 5.74) is 2.15. The van der Waals surface area contributed by atoms with E-state index in [0.717, 1.165) is 17.9 Å². The summed E-state index contributed by atoms with van der Waals surface area (Å²) in [7, 11) is 1.91. The van der Waals surface area contributed by atoms with Gasteiger partial charge in [0.2, 0.25) is 0 Å². The zero-order valence-electron chi connectivity index (χ0n) is 11.5. The molecule has 2 aromatic rings. The minimum Gasteiger partial charge on any atom is -0.492 e. The third-order valence-corrected chi connectivity index (χ3v) is 3.05. The molecule has 2 aromatic carbocycles. The average Bonchev–Trinajstić information content (AvgIpc) is 2.50. The van der Waals surface area contributed by atoms with Crippen LogP contribution in [0.2, 0.25) is 0 Å². The molecule has 0 amide bonds. The molecule has 0 saturated heterocycles. The van der Waals surface area contributed by atoms with Gasteiger partial charge in [0.15, 0.2) is 0 Å². The molecular weight excluding hydrogens is 248 g/mol. The van der Waals surface area contributed by atoms with Crippen molar-refractivity contribution in [2.45, 2.75) is 12.5 Å². The van der Waals surface area contributed by atoms with Gasteiger partial charge >= 0.3 is 0 Å². The third kappa shape index (κ3) is 3.84. The van der Waals surface area contributed by atoms with Crippen LogP contribution in [-0.4, -0.2) is 13.7 Å². The Kier molecular flexibility index (Phi) is 5.16. The number of ether oxygens (including phenoxy) is 1. The van der Waals surface area contributed by atoms with Crippen LogP contribution in [0.25, 0.3) is 0 Å². The topological polar surface area (TPSA) is 45.0 Å². The van der Waals surface area contributed by atoms with E-state index in [2.05, 4.69) is 11.4 Å². The van der Waals surface area contributed by atoms with Crippen molar-refractivity contribution in [1.82, 2.24) is 5.32 Å². The molecule has 0 fully saturated rings. The summed E-state index contributed by atoms with van der Waals surface area (Å²) < 4.78 is 5.75. The van der Waals surface area contributed by atoms with Gasteiger partial charge in [0.05, 0.1) is 6.07 Å². The van der Waals surface area contributed by atoms with Crippen LogP contribution < -0.4 is 10.1 Å². The molecule has 0 bridgehead atoms. The van der Waals surface area contributed by atoms with E-state index in [0.29, 0.717) is 6.61 Å². The van der Waals surface area contributed by atoms with Crippen LogP contribution in [0.1, 0.15) is 17.0 Å². The van der Waals surface area contributed by atoms with Gasteiger partial charge in [0.25, 0.3) is 0 Å². The van der Waals surface area contributed by atoms with Gasteiger partial charge in [-0.1, -0.05) is 42.5 Å². The van der Waals surface area contributed by atoms with Crippen LogP contribution in [0.3, 0.4) is 0 Å². The molecule has 3 nitrogen and oxygen atoms in total. The van der Waals surface area contributed by atoms with Crippen LogP contribution in [0.4, 0.5) is 0 Å². The standard InChI is InChI=1S/C17H18N2O/c1-19-12-14-6-5-9-17(10-14)20-13-16(11-18)15-7-3-2-4-8-15/h2-10,16,19H,12-13H2,1H3. The first-order valence-corrected chi connectivity index (χ1v) is 6.64. The Labute approximate surface area is 119 Å². The van der Waals surface area contributed by atoms with Gasteiger partial charge in [0.1, 0.15) is 18.3 Å². The van der Waals surface area contributed by atoms with Gasteiger partial charge in [-0.3, -0.25) is 0 Å². The Hall–Kier alpha value is -2.31. The highest BCUT2D eigenvalue weighted by Gasteiger charge is 2.11. The number of hydrogen-bond acceptors (Lipinski definition) is 3. The summed E-state index contributed by atoms with van der Waals surface area (Å²) in [5, 5.41) is 12.4. The van der Waals surface area contributed by atoms with Crippen molar-refractivity contribution in [3.63, 3.8) is 0 Å². The van der Waals surface area contributed by atoms with Gasteiger partial charge in [-0.05, 0) is 30.3 Å². The Morgan fingerprint density at radius 1 is 1.15 bits per heavy atom. The molecule has 1 unspecified atom stereocenters. The second-order valence-electron chi connectivity index (χ2n) is 4.58. The highest BCUT2D eigenvalue weighted by molar-refractivity contribution is 5.29. The maximum atomic E-state index is 9.26. The number of nitriles is 1. The smallest absolute Gasteiger partial charge is 0.119 e. The molecule has 3 heteroatoms. The van der Waals surface area contributed by atoms with E-state index in [1.165, 1.54) is 5.56 Å². The van der Waals surface area contributed by atoms with Crippen molar-refractivity contribution < 1.29 is 4.74 Å². The second-order valence-corrected chi connectivity index (χ2v) is 4.58. The SMILES string of the molecule is CNCc1cccc(OCC(C#N)c2ccccc2)c1. The van der Waals surface area contributed by atoms with Crippen LogP contribution in [0, 0.1) is 11.3 Å². The third-order valence-electron chi connectivity index (χ3n) is 3.05. The molecule has 20 heavy (non-hydrogen) atoms. The van der Waals surface area contributed by atoms with Crippen molar-refractivity contribution >= 4 is 0 Å². The first kappa shape index (κ1) is 14.1. The zero-order chi connectivity index (χ0) is 14.2. The molecule has 1 N–H and O–H groups in total. The van der Waals surface area contributed by atoms with E-state index >= 15 is 0 Å². The minimum absolute atomic E-state index is 0.246. The maximum Gasteiger partial charge on any atom is 0.119 e. The van der Waals surface area contributed by atoms with E-state index in [4.69, 9.17) is 4.74 Å². The molecule has 0 aromatic heterocycles. The molecule has 0 radical (unpaired) electrons. The maximum absolute atomic E-state index is 9.26. The lowest BCUT2D eigenvalue weighted by Crippen LogP contribution is -2.09. The monoisotopic (exact) mass is 266 g/mol. The van der Waals surface area contributed by atoms with E-state index in [1.54, 1.807) is 0 Å². The van der Waals surface area contributed by atoms with Crippen LogP contribution in [0.15, 0.2) is 54.6 Å². The van der Waals surface area contributed by atoms with Crippen LogP contribution in [-0.2, 0) is 6.54 Å². The number of nitrogens with one attached hydrogen (secondary N) is 1. The summed E-state index contributed by atoms with van der Waals surface area (Å²) in [6, 6.07) is 19.9. The van der Waals surface area contributed by atoms with Crippen molar-refractivity contribution in [3.8, 4) is 11.8 Å². The van der Waals surface area contributed by atoms with Crippen molar-refractivity contribution in [2.75, 3.05) is 13.7 Å². The minimum atomic E-state index is -0.246. The highest BCUT2D eigenvalue weighted by atomic mass is 16.5. The molecule has 0 saturated carbocycles. The fraction of sp³-hybridized carbons (Fsp3) is 0.235. The zero-order valence-corrected chi connectivity index (χ0v) is 11.5. The Morgan fingerprint density at radius 3 is 2.65 bits per heavy atom. The first-order valence-electron chi connectivity index (χ1n) is 6.64.